The van der Waals surface area contributed by atoms with Crippen molar-refractivity contribution in [2.75, 3.05) is 0 Å². The van der Waals surface area contributed by atoms with E-state index in [2.05, 4.69) is 6.58 Å². The summed E-state index contributed by atoms with van der Waals surface area (Å²) in [5.74, 6) is 1.03. The Labute approximate surface area is 88.5 Å². The summed E-state index contributed by atoms with van der Waals surface area (Å²) in [4.78, 5) is 0. The van der Waals surface area contributed by atoms with Gasteiger partial charge < -0.3 is 9.52 Å². The van der Waals surface area contributed by atoms with Crippen LogP contribution in [0, 0.1) is 0 Å². The van der Waals surface area contributed by atoms with Crippen LogP contribution in [0.4, 0.5) is 0 Å². The van der Waals surface area contributed by atoms with Crippen LogP contribution in [-0.4, -0.2) is 5.11 Å². The van der Waals surface area contributed by atoms with Crippen LogP contribution in [0.2, 0.25) is 0 Å². The van der Waals surface area contributed by atoms with Gasteiger partial charge in [0, 0.05) is 12.0 Å². The molecule has 2 nitrogen and oxygen atoms in total. The molecule has 2 heteroatoms. The van der Waals surface area contributed by atoms with Gasteiger partial charge in [0.15, 0.2) is 0 Å². The Morgan fingerprint density at radius 1 is 1.20 bits per heavy atom. The van der Waals surface area contributed by atoms with E-state index in [0.29, 0.717) is 0 Å². The first kappa shape index (κ1) is 9.59. The summed E-state index contributed by atoms with van der Waals surface area (Å²) in [5.41, 5.74) is 1.90. The van der Waals surface area contributed by atoms with Gasteiger partial charge in [-0.1, -0.05) is 30.8 Å². The van der Waals surface area contributed by atoms with Crippen molar-refractivity contribution in [3.63, 3.8) is 0 Å². The molecule has 0 atom stereocenters. The highest BCUT2D eigenvalue weighted by atomic mass is 16.3. The second kappa shape index (κ2) is 4.05. The fourth-order valence-electron chi connectivity index (χ4n) is 1.43. The first-order valence-corrected chi connectivity index (χ1v) is 4.75. The number of aliphatic hydroxyl groups is 1. The van der Waals surface area contributed by atoms with Gasteiger partial charge in [-0.25, -0.2) is 0 Å². The Morgan fingerprint density at radius 3 is 2.47 bits per heavy atom. The summed E-state index contributed by atoms with van der Waals surface area (Å²) in [6, 6.07) is 11.4. The summed E-state index contributed by atoms with van der Waals surface area (Å²) in [6.45, 7) is 3.47. The molecule has 0 amide bonds. The molecule has 1 N–H and O–H groups in total. The van der Waals surface area contributed by atoms with E-state index in [1.807, 2.05) is 36.4 Å². The van der Waals surface area contributed by atoms with Gasteiger partial charge in [-0.05, 0) is 17.7 Å². The molecular formula is C13H12O2. The molecular weight excluding hydrogens is 188 g/mol. The highest BCUT2D eigenvalue weighted by Crippen LogP contribution is 2.14. The predicted molar refractivity (Wildman–Crippen MR) is 59.6 cm³/mol. The van der Waals surface area contributed by atoms with E-state index in [0.717, 1.165) is 23.3 Å². The second-order valence-electron chi connectivity index (χ2n) is 3.40. The molecule has 76 valence electrons. The van der Waals surface area contributed by atoms with E-state index >= 15 is 0 Å². The van der Waals surface area contributed by atoms with Gasteiger partial charge in [-0.15, -0.1) is 0 Å². The number of aliphatic hydroxyl groups excluding tert-OH is 1. The molecule has 1 heterocycles. The lowest BCUT2D eigenvalue weighted by atomic mass is 10.1. The molecule has 0 radical (unpaired) electrons. The SMILES string of the molecule is C=C(O)c1ccc(Cc2ccco2)cc1. The molecule has 2 aromatic rings. The molecule has 1 aromatic heterocycles. The minimum Gasteiger partial charge on any atom is -0.508 e. The third-order valence-electron chi connectivity index (χ3n) is 2.25. The molecule has 0 fully saturated rings. The van der Waals surface area contributed by atoms with Crippen molar-refractivity contribution in [3.8, 4) is 0 Å². The van der Waals surface area contributed by atoms with Gasteiger partial charge in [0.05, 0.1) is 6.26 Å². The maximum absolute atomic E-state index is 9.16. The van der Waals surface area contributed by atoms with Gasteiger partial charge in [0.2, 0.25) is 0 Å². The zero-order chi connectivity index (χ0) is 10.7. The maximum atomic E-state index is 9.16. The molecule has 0 unspecified atom stereocenters. The minimum atomic E-state index is 0.0968. The van der Waals surface area contributed by atoms with Crippen LogP contribution in [0.15, 0.2) is 53.7 Å². The molecule has 15 heavy (non-hydrogen) atoms. The summed E-state index contributed by atoms with van der Waals surface area (Å²) in [6.07, 6.45) is 2.43. The Hall–Kier alpha value is -1.96. The van der Waals surface area contributed by atoms with Crippen molar-refractivity contribution in [2.24, 2.45) is 0 Å². The Kier molecular flexibility index (Phi) is 2.59. The van der Waals surface area contributed by atoms with Crippen LogP contribution in [-0.2, 0) is 6.42 Å². The molecule has 0 saturated heterocycles. The molecule has 0 saturated carbocycles. The molecule has 0 aliphatic carbocycles. The Morgan fingerprint density at radius 2 is 1.93 bits per heavy atom. The van der Waals surface area contributed by atoms with Crippen LogP contribution in [0.1, 0.15) is 16.9 Å². The lowest BCUT2D eigenvalue weighted by molar-refractivity contribution is 0.513. The zero-order valence-corrected chi connectivity index (χ0v) is 8.31. The topological polar surface area (TPSA) is 33.4 Å². The second-order valence-corrected chi connectivity index (χ2v) is 3.40. The maximum Gasteiger partial charge on any atom is 0.115 e. The number of rotatable bonds is 3. The largest absolute Gasteiger partial charge is 0.508 e. The minimum absolute atomic E-state index is 0.0968. The third kappa shape index (κ3) is 2.29. The number of hydrogen-bond donors (Lipinski definition) is 1. The number of hydrogen-bond acceptors (Lipinski definition) is 2. The van der Waals surface area contributed by atoms with Crippen LogP contribution in [0.3, 0.4) is 0 Å². The lowest BCUT2D eigenvalue weighted by Gasteiger charge is -2.01. The molecule has 0 spiro atoms. The van der Waals surface area contributed by atoms with Crippen LogP contribution in [0.5, 0.6) is 0 Å². The van der Waals surface area contributed by atoms with Gasteiger partial charge in [-0.3, -0.25) is 0 Å². The van der Waals surface area contributed by atoms with E-state index in [9.17, 15) is 0 Å². The fourth-order valence-corrected chi connectivity index (χ4v) is 1.43. The zero-order valence-electron chi connectivity index (χ0n) is 8.31. The molecule has 0 aliphatic heterocycles. The highest BCUT2D eigenvalue weighted by molar-refractivity contribution is 5.56. The molecule has 0 bridgehead atoms. The van der Waals surface area contributed by atoms with Gasteiger partial charge in [0.1, 0.15) is 11.5 Å². The number of benzene rings is 1. The normalized spacial score (nSPS) is 10.1. The van der Waals surface area contributed by atoms with Gasteiger partial charge in [-0.2, -0.15) is 0 Å². The Balaban J connectivity index is 2.14. The van der Waals surface area contributed by atoms with E-state index in [-0.39, 0.29) is 5.76 Å². The summed E-state index contributed by atoms with van der Waals surface area (Å²) >= 11 is 0. The van der Waals surface area contributed by atoms with Crippen LogP contribution >= 0.6 is 0 Å². The average molecular weight is 200 g/mol. The van der Waals surface area contributed by atoms with Crippen molar-refractivity contribution in [1.29, 1.82) is 0 Å². The third-order valence-corrected chi connectivity index (χ3v) is 2.25. The van der Waals surface area contributed by atoms with Crippen molar-refractivity contribution in [1.82, 2.24) is 0 Å². The molecule has 1 aromatic carbocycles. The first-order valence-electron chi connectivity index (χ1n) is 4.75. The number of furan rings is 1. The van der Waals surface area contributed by atoms with E-state index < -0.39 is 0 Å². The van der Waals surface area contributed by atoms with Crippen LogP contribution < -0.4 is 0 Å². The Bertz CT molecular complexity index is 438. The smallest absolute Gasteiger partial charge is 0.115 e. The van der Waals surface area contributed by atoms with Crippen LogP contribution in [0.25, 0.3) is 5.76 Å². The van der Waals surface area contributed by atoms with Crippen molar-refractivity contribution in [3.05, 3.63) is 66.1 Å². The van der Waals surface area contributed by atoms with Crippen molar-refractivity contribution >= 4 is 5.76 Å². The van der Waals surface area contributed by atoms with Gasteiger partial charge >= 0.3 is 0 Å². The van der Waals surface area contributed by atoms with E-state index in [1.54, 1.807) is 6.26 Å². The average Bonchev–Trinajstić information content (AvgIpc) is 2.71. The van der Waals surface area contributed by atoms with E-state index in [1.165, 1.54) is 0 Å². The standard InChI is InChI=1S/C13H12O2/c1-10(14)12-6-4-11(5-7-12)9-13-3-2-8-15-13/h2-8,14H,1,9H2. The van der Waals surface area contributed by atoms with E-state index in [4.69, 9.17) is 9.52 Å². The fraction of sp³-hybridized carbons (Fsp3) is 0.0769. The predicted octanol–water partition coefficient (Wildman–Crippen LogP) is 3.40. The summed E-state index contributed by atoms with van der Waals surface area (Å²) in [5, 5.41) is 9.16. The summed E-state index contributed by atoms with van der Waals surface area (Å²) in [7, 11) is 0. The molecule has 0 aliphatic rings. The quantitative estimate of drug-likeness (QED) is 0.770. The lowest BCUT2D eigenvalue weighted by Crippen LogP contribution is -1.87. The first-order chi connectivity index (χ1) is 7.25. The highest BCUT2D eigenvalue weighted by Gasteiger charge is 2.00. The van der Waals surface area contributed by atoms with Crippen molar-refractivity contribution < 1.29 is 9.52 Å². The van der Waals surface area contributed by atoms with Gasteiger partial charge in [0.25, 0.3) is 0 Å². The van der Waals surface area contributed by atoms with Crippen molar-refractivity contribution in [2.45, 2.75) is 6.42 Å². The monoisotopic (exact) mass is 200 g/mol. The summed E-state index contributed by atoms with van der Waals surface area (Å²) < 4.78 is 5.25. The molecule has 2 rings (SSSR count).